The Labute approximate surface area is 85.7 Å². The van der Waals surface area contributed by atoms with E-state index in [0.29, 0.717) is 12.0 Å². The first-order valence-electron chi connectivity index (χ1n) is 5.22. The third-order valence-electron chi connectivity index (χ3n) is 3.33. The largest absolute Gasteiger partial charge is 0.313 e. The van der Waals surface area contributed by atoms with Crippen molar-refractivity contribution in [2.24, 2.45) is 5.92 Å². The minimum atomic E-state index is -2.99. The zero-order valence-electron chi connectivity index (χ0n) is 8.73. The van der Waals surface area contributed by atoms with Crippen molar-refractivity contribution in [1.29, 1.82) is 0 Å². The second kappa shape index (κ2) is 3.47. The van der Waals surface area contributed by atoms with Crippen LogP contribution in [0.4, 0.5) is 0 Å². The molecule has 3 unspecified atom stereocenters. The molecule has 4 nitrogen and oxygen atoms in total. The van der Waals surface area contributed by atoms with Gasteiger partial charge < -0.3 is 5.32 Å². The summed E-state index contributed by atoms with van der Waals surface area (Å²) in [6.07, 6.45) is 3.51. The maximum absolute atomic E-state index is 11.5. The van der Waals surface area contributed by atoms with Crippen molar-refractivity contribution in [3.63, 3.8) is 0 Å². The summed E-state index contributed by atoms with van der Waals surface area (Å²) in [7, 11) is -2.99. The van der Waals surface area contributed by atoms with E-state index in [4.69, 9.17) is 0 Å². The smallest absolute Gasteiger partial charge is 0.211 e. The van der Waals surface area contributed by atoms with Crippen LogP contribution in [0.2, 0.25) is 0 Å². The predicted molar refractivity (Wildman–Crippen MR) is 55.5 cm³/mol. The zero-order valence-corrected chi connectivity index (χ0v) is 9.55. The van der Waals surface area contributed by atoms with Gasteiger partial charge in [-0.15, -0.1) is 0 Å². The zero-order chi connectivity index (χ0) is 10.3. The molecule has 1 aliphatic carbocycles. The van der Waals surface area contributed by atoms with Crippen molar-refractivity contribution in [2.75, 3.05) is 19.3 Å². The van der Waals surface area contributed by atoms with Crippen molar-refractivity contribution >= 4 is 10.0 Å². The van der Waals surface area contributed by atoms with Gasteiger partial charge in [0.1, 0.15) is 0 Å². The van der Waals surface area contributed by atoms with Crippen LogP contribution in [0.1, 0.15) is 19.8 Å². The average Bonchev–Trinajstić information content (AvgIpc) is 2.61. The summed E-state index contributed by atoms with van der Waals surface area (Å²) < 4.78 is 24.6. The van der Waals surface area contributed by atoms with Gasteiger partial charge in [-0.05, 0) is 25.3 Å². The lowest BCUT2D eigenvalue weighted by Crippen LogP contribution is -2.49. The van der Waals surface area contributed by atoms with Gasteiger partial charge in [0.15, 0.2) is 0 Å². The highest BCUT2D eigenvalue weighted by Gasteiger charge is 2.47. The molecular formula is C9H18N2O2S. The Hall–Kier alpha value is -0.130. The Kier molecular flexibility index (Phi) is 2.57. The number of hydrogen-bond acceptors (Lipinski definition) is 3. The monoisotopic (exact) mass is 218 g/mol. The van der Waals surface area contributed by atoms with Crippen LogP contribution in [0, 0.1) is 5.92 Å². The molecule has 2 bridgehead atoms. The fraction of sp³-hybridized carbons (Fsp3) is 1.00. The van der Waals surface area contributed by atoms with Crippen LogP contribution in [-0.2, 0) is 10.0 Å². The molecule has 2 rings (SSSR count). The Balaban J connectivity index is 2.12. The molecule has 0 radical (unpaired) electrons. The molecule has 0 aromatic carbocycles. The fourth-order valence-electron chi connectivity index (χ4n) is 2.84. The van der Waals surface area contributed by atoms with Crippen molar-refractivity contribution < 1.29 is 8.42 Å². The average molecular weight is 218 g/mol. The number of rotatable bonds is 3. The van der Waals surface area contributed by atoms with Gasteiger partial charge in [-0.2, -0.15) is 4.31 Å². The highest BCUT2D eigenvalue weighted by molar-refractivity contribution is 7.88. The first-order chi connectivity index (χ1) is 6.52. The van der Waals surface area contributed by atoms with Crippen LogP contribution in [0.15, 0.2) is 0 Å². The fourth-order valence-corrected chi connectivity index (χ4v) is 4.04. The van der Waals surface area contributed by atoms with E-state index in [-0.39, 0.29) is 6.04 Å². The topological polar surface area (TPSA) is 49.4 Å². The number of likely N-dealkylation sites (N-methyl/N-ethyl adjacent to an activating group) is 1. The van der Waals surface area contributed by atoms with E-state index in [1.807, 2.05) is 0 Å². The molecular weight excluding hydrogens is 200 g/mol. The number of nitrogens with one attached hydrogen (secondary N) is 1. The summed E-state index contributed by atoms with van der Waals surface area (Å²) in [5.41, 5.74) is 0. The number of hydrogen-bond donors (Lipinski definition) is 1. The van der Waals surface area contributed by atoms with Crippen LogP contribution < -0.4 is 5.32 Å². The van der Waals surface area contributed by atoms with Crippen LogP contribution in [0.25, 0.3) is 0 Å². The van der Waals surface area contributed by atoms with Gasteiger partial charge in [-0.25, -0.2) is 8.42 Å². The van der Waals surface area contributed by atoms with Gasteiger partial charge in [0, 0.05) is 18.6 Å². The summed E-state index contributed by atoms with van der Waals surface area (Å²) in [5, 5.41) is 3.37. The molecule has 2 aliphatic rings. The standard InChI is InChI=1S/C9H18N2O2S/c1-3-10-8-4-7-5-9(8)11(6-7)14(2,12)13/h7-10H,3-6H2,1-2H3. The molecule has 0 spiro atoms. The SMILES string of the molecule is CCNC1CC2CC1N(S(C)(=O)=O)C2. The van der Waals surface area contributed by atoms with Crippen LogP contribution >= 0.6 is 0 Å². The third kappa shape index (κ3) is 1.68. The second-order valence-corrected chi connectivity index (χ2v) is 6.34. The first kappa shape index (κ1) is 10.4. The molecule has 1 N–H and O–H groups in total. The highest BCUT2D eigenvalue weighted by Crippen LogP contribution is 2.38. The molecule has 2 fully saturated rings. The van der Waals surface area contributed by atoms with Gasteiger partial charge in [0.2, 0.25) is 10.0 Å². The third-order valence-corrected chi connectivity index (χ3v) is 4.60. The Morgan fingerprint density at radius 1 is 1.43 bits per heavy atom. The lowest BCUT2D eigenvalue weighted by molar-refractivity contribution is 0.273. The lowest BCUT2D eigenvalue weighted by atomic mass is 10.1. The number of fused-ring (bicyclic) bond motifs is 2. The van der Waals surface area contributed by atoms with E-state index in [1.54, 1.807) is 4.31 Å². The van der Waals surface area contributed by atoms with Crippen LogP contribution in [0.5, 0.6) is 0 Å². The van der Waals surface area contributed by atoms with E-state index in [0.717, 1.165) is 25.9 Å². The van der Waals surface area contributed by atoms with E-state index < -0.39 is 10.0 Å². The minimum absolute atomic E-state index is 0.218. The number of sulfonamides is 1. The minimum Gasteiger partial charge on any atom is -0.313 e. The number of piperidine rings is 1. The Bertz CT molecular complexity index is 315. The quantitative estimate of drug-likeness (QED) is 0.726. The second-order valence-electron chi connectivity index (χ2n) is 4.40. The molecule has 82 valence electrons. The molecule has 0 aromatic rings. The predicted octanol–water partition coefficient (Wildman–Crippen LogP) is 0.0183. The lowest BCUT2D eigenvalue weighted by Gasteiger charge is -2.31. The molecule has 5 heteroatoms. The maximum atomic E-state index is 11.5. The molecule has 1 saturated heterocycles. The molecule has 3 atom stereocenters. The van der Waals surface area contributed by atoms with Crippen molar-refractivity contribution in [1.82, 2.24) is 9.62 Å². The highest BCUT2D eigenvalue weighted by atomic mass is 32.2. The van der Waals surface area contributed by atoms with Crippen LogP contribution in [-0.4, -0.2) is 44.2 Å². The van der Waals surface area contributed by atoms with Gasteiger partial charge in [-0.1, -0.05) is 6.92 Å². The van der Waals surface area contributed by atoms with Crippen LogP contribution in [0.3, 0.4) is 0 Å². The Morgan fingerprint density at radius 2 is 2.14 bits per heavy atom. The van der Waals surface area contributed by atoms with E-state index in [1.165, 1.54) is 6.26 Å². The summed E-state index contributed by atoms with van der Waals surface area (Å²) in [4.78, 5) is 0. The normalized spacial score (nSPS) is 38.0. The van der Waals surface area contributed by atoms with E-state index >= 15 is 0 Å². The molecule has 0 aromatic heterocycles. The molecule has 1 saturated carbocycles. The molecule has 1 heterocycles. The summed E-state index contributed by atoms with van der Waals surface area (Å²) >= 11 is 0. The number of nitrogens with zero attached hydrogens (tertiary/aromatic N) is 1. The summed E-state index contributed by atoms with van der Waals surface area (Å²) in [6, 6.07) is 0.600. The first-order valence-corrected chi connectivity index (χ1v) is 7.07. The van der Waals surface area contributed by atoms with Crippen molar-refractivity contribution in [2.45, 2.75) is 31.8 Å². The van der Waals surface area contributed by atoms with E-state index in [9.17, 15) is 8.42 Å². The van der Waals surface area contributed by atoms with Crippen molar-refractivity contribution in [3.8, 4) is 0 Å². The maximum Gasteiger partial charge on any atom is 0.211 e. The molecule has 0 amide bonds. The summed E-state index contributed by atoms with van der Waals surface area (Å²) in [5.74, 6) is 0.582. The van der Waals surface area contributed by atoms with E-state index in [2.05, 4.69) is 12.2 Å². The van der Waals surface area contributed by atoms with Gasteiger partial charge in [-0.3, -0.25) is 0 Å². The van der Waals surface area contributed by atoms with Gasteiger partial charge in [0.25, 0.3) is 0 Å². The molecule has 14 heavy (non-hydrogen) atoms. The Morgan fingerprint density at radius 3 is 2.64 bits per heavy atom. The molecule has 1 aliphatic heterocycles. The van der Waals surface area contributed by atoms with Gasteiger partial charge in [0.05, 0.1) is 6.26 Å². The van der Waals surface area contributed by atoms with Gasteiger partial charge >= 0.3 is 0 Å². The summed E-state index contributed by atoms with van der Waals surface area (Å²) in [6.45, 7) is 3.73. The van der Waals surface area contributed by atoms with Crippen molar-refractivity contribution in [3.05, 3.63) is 0 Å².